The third-order valence-corrected chi connectivity index (χ3v) is 8.63. The summed E-state index contributed by atoms with van der Waals surface area (Å²) in [7, 11) is 2.13. The lowest BCUT2D eigenvalue weighted by atomic mass is 9.84. The summed E-state index contributed by atoms with van der Waals surface area (Å²) >= 11 is 1.33. The fourth-order valence-corrected chi connectivity index (χ4v) is 5.93. The Morgan fingerprint density at radius 3 is 2.32 bits per heavy atom. The van der Waals surface area contributed by atoms with E-state index in [2.05, 4.69) is 63.7 Å². The van der Waals surface area contributed by atoms with Crippen LogP contribution in [0.5, 0.6) is 0 Å². The second-order valence-corrected chi connectivity index (χ2v) is 10.9. The molecule has 0 saturated carbocycles. The van der Waals surface area contributed by atoms with Crippen molar-refractivity contribution >= 4 is 44.9 Å². The summed E-state index contributed by atoms with van der Waals surface area (Å²) < 4.78 is 0. The van der Waals surface area contributed by atoms with E-state index in [4.69, 9.17) is 0 Å². The number of amides is 2. The fourth-order valence-electron chi connectivity index (χ4n) is 5.04. The van der Waals surface area contributed by atoms with Crippen molar-refractivity contribution in [1.82, 2.24) is 20.4 Å². The quantitative estimate of drug-likeness (QED) is 0.296. The van der Waals surface area contributed by atoms with Gasteiger partial charge in [0.05, 0.1) is 15.8 Å². The maximum Gasteiger partial charge on any atom is 0.262 e. The molecule has 0 atom stereocenters. The number of carbonyl (C=O) groups excluding carboxylic acids is 2. The van der Waals surface area contributed by atoms with Crippen LogP contribution in [-0.4, -0.2) is 60.1 Å². The molecule has 3 heterocycles. The molecule has 0 spiro atoms. The van der Waals surface area contributed by atoms with Crippen LogP contribution in [0, 0.1) is 0 Å². The average molecular weight is 531 g/mol. The Hall–Kier alpha value is -3.69. The predicted octanol–water partition coefficient (Wildman–Crippen LogP) is 5.07. The molecule has 3 N–H and O–H groups in total. The molecule has 0 radical (unpaired) electrons. The molecular formula is C29H34N6O2S. The third-order valence-electron chi connectivity index (χ3n) is 7.60. The normalized spacial score (nSPS) is 14.6. The first-order valence-corrected chi connectivity index (χ1v) is 13.9. The maximum atomic E-state index is 13.3. The standard InChI is InChI=1S/C29H34N6O2S/c1-4-29(5-2,21-9-7-6-8-10-21)31-27(37)24-19-23-25(32-33-28(23)38-24)30-26(36)20-11-13-22(14-12-20)35-17-15-34(3)16-18-35/h6-14,19H,4-5,15-18H2,1-3H3,(H,31,37)(H2,30,32,33,36). The number of nitrogens with one attached hydrogen (secondary N) is 3. The molecular weight excluding hydrogens is 496 g/mol. The molecule has 1 aliphatic heterocycles. The highest BCUT2D eigenvalue weighted by Gasteiger charge is 2.31. The number of likely N-dealkylation sites (N-methyl/N-ethyl adjacent to an activating group) is 1. The van der Waals surface area contributed by atoms with Crippen LogP contribution < -0.4 is 15.5 Å². The summed E-state index contributed by atoms with van der Waals surface area (Å²) in [6.45, 7) is 8.19. The molecule has 38 heavy (non-hydrogen) atoms. The molecule has 4 aromatic rings. The van der Waals surface area contributed by atoms with Gasteiger partial charge in [0, 0.05) is 37.4 Å². The first kappa shape index (κ1) is 25.9. The highest BCUT2D eigenvalue weighted by Crippen LogP contribution is 2.33. The van der Waals surface area contributed by atoms with E-state index in [0.717, 1.165) is 60.5 Å². The summed E-state index contributed by atoms with van der Waals surface area (Å²) in [6, 6.07) is 19.6. The highest BCUT2D eigenvalue weighted by atomic mass is 32.1. The second-order valence-electron chi connectivity index (χ2n) is 9.83. The van der Waals surface area contributed by atoms with Gasteiger partial charge in [-0.1, -0.05) is 44.2 Å². The summed E-state index contributed by atoms with van der Waals surface area (Å²) in [5.74, 6) is 0.0493. The average Bonchev–Trinajstić information content (AvgIpc) is 3.55. The number of hydrogen-bond donors (Lipinski definition) is 3. The van der Waals surface area contributed by atoms with Gasteiger partial charge in [-0.25, -0.2) is 0 Å². The molecule has 0 bridgehead atoms. The van der Waals surface area contributed by atoms with Crippen LogP contribution in [-0.2, 0) is 5.54 Å². The topological polar surface area (TPSA) is 93.4 Å². The van der Waals surface area contributed by atoms with Crippen LogP contribution >= 0.6 is 11.3 Å². The first-order chi connectivity index (χ1) is 18.4. The molecule has 198 valence electrons. The lowest BCUT2D eigenvalue weighted by molar-refractivity contribution is 0.0893. The number of H-pyrrole nitrogens is 1. The molecule has 1 saturated heterocycles. The van der Waals surface area contributed by atoms with E-state index in [-0.39, 0.29) is 11.8 Å². The zero-order valence-electron chi connectivity index (χ0n) is 22.1. The zero-order valence-corrected chi connectivity index (χ0v) is 22.9. The first-order valence-electron chi connectivity index (χ1n) is 13.1. The van der Waals surface area contributed by atoms with Gasteiger partial charge >= 0.3 is 0 Å². The molecule has 2 aromatic carbocycles. The molecule has 1 fully saturated rings. The van der Waals surface area contributed by atoms with Gasteiger partial charge in [0.25, 0.3) is 11.8 Å². The fraction of sp³-hybridized carbons (Fsp3) is 0.345. The van der Waals surface area contributed by atoms with Gasteiger partial charge in [-0.05, 0) is 55.8 Å². The van der Waals surface area contributed by atoms with E-state index in [1.807, 2.05) is 42.5 Å². The van der Waals surface area contributed by atoms with Gasteiger partial charge in [0.15, 0.2) is 5.82 Å². The van der Waals surface area contributed by atoms with Crippen molar-refractivity contribution < 1.29 is 9.59 Å². The van der Waals surface area contributed by atoms with E-state index in [9.17, 15) is 9.59 Å². The summed E-state index contributed by atoms with van der Waals surface area (Å²) in [5.41, 5.74) is 2.33. The van der Waals surface area contributed by atoms with Gasteiger partial charge < -0.3 is 20.4 Å². The minimum atomic E-state index is -0.443. The number of carbonyl (C=O) groups is 2. The molecule has 2 aromatic heterocycles. The van der Waals surface area contributed by atoms with Crippen LogP contribution in [0.4, 0.5) is 11.5 Å². The predicted molar refractivity (Wildman–Crippen MR) is 154 cm³/mol. The highest BCUT2D eigenvalue weighted by molar-refractivity contribution is 7.20. The number of piperazine rings is 1. The molecule has 2 amide bonds. The van der Waals surface area contributed by atoms with Crippen LogP contribution in [0.3, 0.4) is 0 Å². The van der Waals surface area contributed by atoms with E-state index < -0.39 is 5.54 Å². The summed E-state index contributed by atoms with van der Waals surface area (Å²) in [5, 5.41) is 14.2. The minimum Gasteiger partial charge on any atom is -0.369 e. The number of rotatable bonds is 8. The molecule has 8 nitrogen and oxygen atoms in total. The Morgan fingerprint density at radius 2 is 1.66 bits per heavy atom. The zero-order chi connectivity index (χ0) is 26.7. The van der Waals surface area contributed by atoms with E-state index >= 15 is 0 Å². The summed E-state index contributed by atoms with van der Waals surface area (Å²) in [4.78, 5) is 32.3. The van der Waals surface area contributed by atoms with Crippen LogP contribution in [0.2, 0.25) is 0 Å². The van der Waals surface area contributed by atoms with Gasteiger partial charge in [-0.3, -0.25) is 14.7 Å². The van der Waals surface area contributed by atoms with Crippen molar-refractivity contribution in [2.75, 3.05) is 43.4 Å². The second kappa shape index (κ2) is 11.0. The Balaban J connectivity index is 1.29. The Labute approximate surface area is 227 Å². The monoisotopic (exact) mass is 530 g/mol. The number of anilines is 2. The molecule has 0 unspecified atom stereocenters. The largest absolute Gasteiger partial charge is 0.369 e. The third kappa shape index (κ3) is 5.16. The molecule has 9 heteroatoms. The number of fused-ring (bicyclic) bond motifs is 1. The Kier molecular flexibility index (Phi) is 7.49. The maximum absolute atomic E-state index is 13.3. The van der Waals surface area contributed by atoms with Crippen molar-refractivity contribution in [2.24, 2.45) is 0 Å². The minimum absolute atomic E-state index is 0.135. The Morgan fingerprint density at radius 1 is 0.974 bits per heavy atom. The van der Waals surface area contributed by atoms with Gasteiger partial charge in [0.2, 0.25) is 0 Å². The van der Waals surface area contributed by atoms with Gasteiger partial charge in [0.1, 0.15) is 4.83 Å². The van der Waals surface area contributed by atoms with Crippen LogP contribution in [0.15, 0.2) is 60.7 Å². The number of hydrogen-bond acceptors (Lipinski definition) is 6. The van der Waals surface area contributed by atoms with E-state index in [1.54, 1.807) is 6.07 Å². The summed E-state index contributed by atoms with van der Waals surface area (Å²) in [6.07, 6.45) is 1.55. The number of aromatic nitrogens is 2. The van der Waals surface area contributed by atoms with Crippen molar-refractivity contribution in [3.05, 3.63) is 76.7 Å². The molecule has 0 aliphatic carbocycles. The van der Waals surface area contributed by atoms with E-state index in [0.29, 0.717) is 16.3 Å². The molecule has 5 rings (SSSR count). The van der Waals surface area contributed by atoms with Crippen LogP contribution in [0.1, 0.15) is 52.3 Å². The smallest absolute Gasteiger partial charge is 0.262 e. The van der Waals surface area contributed by atoms with E-state index in [1.165, 1.54) is 11.3 Å². The Bertz CT molecular complexity index is 1400. The number of benzene rings is 2. The number of aromatic amines is 1. The number of nitrogens with zero attached hydrogens (tertiary/aromatic N) is 3. The van der Waals surface area contributed by atoms with Crippen molar-refractivity contribution in [3.63, 3.8) is 0 Å². The van der Waals surface area contributed by atoms with Crippen LogP contribution in [0.25, 0.3) is 10.2 Å². The van der Waals surface area contributed by atoms with Crippen molar-refractivity contribution in [3.8, 4) is 0 Å². The lowest BCUT2D eigenvalue weighted by Gasteiger charge is -2.34. The molecule has 1 aliphatic rings. The van der Waals surface area contributed by atoms with Gasteiger partial charge in [-0.2, -0.15) is 5.10 Å². The van der Waals surface area contributed by atoms with Crippen molar-refractivity contribution in [2.45, 2.75) is 32.2 Å². The SMILES string of the molecule is CCC(CC)(NC(=O)c1cc2c(NC(=O)c3ccc(N4CCN(C)CC4)cc3)n[nH]c2s1)c1ccccc1. The lowest BCUT2D eigenvalue weighted by Crippen LogP contribution is -2.44. The van der Waals surface area contributed by atoms with Crippen molar-refractivity contribution in [1.29, 1.82) is 0 Å². The number of thiophene rings is 1. The van der Waals surface area contributed by atoms with Gasteiger partial charge in [-0.15, -0.1) is 11.3 Å².